The summed E-state index contributed by atoms with van der Waals surface area (Å²) in [5, 5.41) is 2.51. The molecule has 0 saturated carbocycles. The van der Waals surface area contributed by atoms with E-state index in [9.17, 15) is 18.0 Å². The Morgan fingerprint density at radius 1 is 1.14 bits per heavy atom. The Balaban J connectivity index is 2.14. The summed E-state index contributed by atoms with van der Waals surface area (Å²) in [4.78, 5) is 18.8. The molecule has 2 rings (SSSR count). The number of alkyl halides is 3. The average molecular weight is 336 g/mol. The molecule has 0 saturated heterocycles. The summed E-state index contributed by atoms with van der Waals surface area (Å²) < 4.78 is 37.0. The molecule has 2 aromatic heterocycles. The number of rotatable bonds is 2. The molecule has 0 aliphatic heterocycles. The van der Waals surface area contributed by atoms with Crippen molar-refractivity contribution in [1.29, 1.82) is 0 Å². The largest absolute Gasteiger partial charge is 0.433 e. The molecule has 21 heavy (non-hydrogen) atoms. The van der Waals surface area contributed by atoms with E-state index in [1.165, 1.54) is 12.3 Å². The van der Waals surface area contributed by atoms with Crippen LogP contribution in [0.25, 0.3) is 0 Å². The van der Waals surface area contributed by atoms with E-state index in [4.69, 9.17) is 23.2 Å². The van der Waals surface area contributed by atoms with Crippen molar-refractivity contribution in [3.8, 4) is 0 Å². The Morgan fingerprint density at radius 2 is 1.86 bits per heavy atom. The molecule has 0 aromatic carbocycles. The third kappa shape index (κ3) is 3.83. The quantitative estimate of drug-likeness (QED) is 0.842. The van der Waals surface area contributed by atoms with Gasteiger partial charge in [0, 0.05) is 6.20 Å². The predicted molar refractivity (Wildman–Crippen MR) is 71.4 cm³/mol. The van der Waals surface area contributed by atoms with Crippen LogP contribution in [0.2, 0.25) is 10.2 Å². The van der Waals surface area contributed by atoms with Crippen LogP contribution < -0.4 is 5.32 Å². The first-order chi connectivity index (χ1) is 9.77. The molecule has 0 aliphatic carbocycles. The molecule has 0 aliphatic rings. The van der Waals surface area contributed by atoms with Crippen LogP contribution in [0, 0.1) is 0 Å². The maximum atomic E-state index is 12.3. The summed E-state index contributed by atoms with van der Waals surface area (Å²) >= 11 is 11.3. The third-order valence-electron chi connectivity index (χ3n) is 2.37. The Morgan fingerprint density at radius 3 is 2.38 bits per heavy atom. The molecule has 0 atom stereocenters. The van der Waals surface area contributed by atoms with Gasteiger partial charge in [0.1, 0.15) is 10.8 Å². The van der Waals surface area contributed by atoms with Gasteiger partial charge in [-0.05, 0) is 18.2 Å². The van der Waals surface area contributed by atoms with Crippen molar-refractivity contribution in [1.82, 2.24) is 9.97 Å². The zero-order chi connectivity index (χ0) is 15.6. The number of nitrogens with zero attached hydrogens (tertiary/aromatic N) is 2. The summed E-state index contributed by atoms with van der Waals surface area (Å²) in [7, 11) is 0. The van der Waals surface area contributed by atoms with E-state index >= 15 is 0 Å². The van der Waals surface area contributed by atoms with Crippen LogP contribution in [0.4, 0.5) is 18.9 Å². The summed E-state index contributed by atoms with van der Waals surface area (Å²) in [5.41, 5.74) is -0.819. The van der Waals surface area contributed by atoms with E-state index in [2.05, 4.69) is 15.3 Å². The normalized spacial score (nSPS) is 11.3. The molecular weight excluding hydrogens is 330 g/mol. The fraction of sp³-hybridized carbons (Fsp3) is 0.0833. The fourth-order valence-electron chi connectivity index (χ4n) is 1.38. The minimum absolute atomic E-state index is 0.0458. The number of halogens is 5. The van der Waals surface area contributed by atoms with Crippen molar-refractivity contribution < 1.29 is 18.0 Å². The summed E-state index contributed by atoms with van der Waals surface area (Å²) in [6, 6.07) is 3.16. The summed E-state index contributed by atoms with van der Waals surface area (Å²) in [6.45, 7) is 0. The van der Waals surface area contributed by atoms with E-state index in [-0.39, 0.29) is 21.4 Å². The van der Waals surface area contributed by atoms with Gasteiger partial charge in [0.15, 0.2) is 0 Å². The number of nitrogens with one attached hydrogen (secondary N) is 1. The molecule has 110 valence electrons. The van der Waals surface area contributed by atoms with Gasteiger partial charge in [-0.1, -0.05) is 23.2 Å². The molecule has 1 N–H and O–H groups in total. The van der Waals surface area contributed by atoms with E-state index in [0.29, 0.717) is 0 Å². The molecule has 2 aromatic rings. The van der Waals surface area contributed by atoms with Crippen molar-refractivity contribution in [2.24, 2.45) is 0 Å². The van der Waals surface area contributed by atoms with Crippen LogP contribution >= 0.6 is 23.2 Å². The highest BCUT2D eigenvalue weighted by atomic mass is 35.5. The van der Waals surface area contributed by atoms with Gasteiger partial charge >= 0.3 is 6.18 Å². The zero-order valence-electron chi connectivity index (χ0n) is 10.1. The Hall–Kier alpha value is -1.86. The highest BCUT2D eigenvalue weighted by Gasteiger charge is 2.32. The van der Waals surface area contributed by atoms with Gasteiger partial charge in [-0.25, -0.2) is 9.97 Å². The van der Waals surface area contributed by atoms with Gasteiger partial charge in [-0.15, -0.1) is 0 Å². The van der Waals surface area contributed by atoms with Crippen molar-refractivity contribution in [3.63, 3.8) is 0 Å². The molecule has 1 amide bonds. The van der Waals surface area contributed by atoms with Gasteiger partial charge < -0.3 is 5.32 Å². The monoisotopic (exact) mass is 335 g/mol. The van der Waals surface area contributed by atoms with E-state index < -0.39 is 17.8 Å². The van der Waals surface area contributed by atoms with Crippen molar-refractivity contribution in [2.75, 3.05) is 5.32 Å². The number of hydrogen-bond acceptors (Lipinski definition) is 3. The maximum absolute atomic E-state index is 12.3. The van der Waals surface area contributed by atoms with Crippen molar-refractivity contribution in [2.45, 2.75) is 6.18 Å². The van der Waals surface area contributed by atoms with Crippen LogP contribution in [-0.2, 0) is 6.18 Å². The lowest BCUT2D eigenvalue weighted by Gasteiger charge is -2.08. The third-order valence-corrected chi connectivity index (χ3v) is 3.06. The maximum Gasteiger partial charge on any atom is 0.433 e. The lowest BCUT2D eigenvalue weighted by atomic mass is 10.2. The zero-order valence-corrected chi connectivity index (χ0v) is 11.6. The van der Waals surface area contributed by atoms with E-state index in [0.717, 1.165) is 18.3 Å². The first-order valence-electron chi connectivity index (χ1n) is 5.43. The minimum Gasteiger partial charge on any atom is -0.321 e. The molecule has 0 spiro atoms. The molecule has 0 bridgehead atoms. The SMILES string of the molecule is O=C(Nc1ccc(C(F)(F)F)nc1)c1cnc(Cl)c(Cl)c1. The topological polar surface area (TPSA) is 54.9 Å². The number of carbonyl (C=O) groups excluding carboxylic acids is 1. The van der Waals surface area contributed by atoms with E-state index in [1.54, 1.807) is 0 Å². The lowest BCUT2D eigenvalue weighted by Crippen LogP contribution is -2.13. The Kier molecular flexibility index (Phi) is 4.34. The number of amides is 1. The number of carbonyl (C=O) groups is 1. The molecule has 9 heteroatoms. The molecule has 0 radical (unpaired) electrons. The first kappa shape index (κ1) is 15.5. The van der Waals surface area contributed by atoms with Crippen LogP contribution in [0.1, 0.15) is 16.1 Å². The number of aromatic nitrogens is 2. The molecule has 0 unspecified atom stereocenters. The van der Waals surface area contributed by atoms with Crippen molar-refractivity contribution in [3.05, 3.63) is 52.0 Å². The fourth-order valence-corrected chi connectivity index (χ4v) is 1.65. The van der Waals surface area contributed by atoms with Gasteiger partial charge in [0.25, 0.3) is 5.91 Å². The van der Waals surface area contributed by atoms with Crippen LogP contribution in [0.15, 0.2) is 30.6 Å². The average Bonchev–Trinajstić information content (AvgIpc) is 2.41. The molecule has 4 nitrogen and oxygen atoms in total. The highest BCUT2D eigenvalue weighted by molar-refractivity contribution is 6.41. The van der Waals surface area contributed by atoms with Gasteiger partial charge in [-0.3, -0.25) is 4.79 Å². The predicted octanol–water partition coefficient (Wildman–Crippen LogP) is 4.05. The standard InChI is InChI=1S/C12H6Cl2F3N3O/c13-8-3-6(4-19-10(8)14)11(21)20-7-1-2-9(18-5-7)12(15,16)17/h1-5H,(H,20,21). The Bertz CT molecular complexity index is 674. The smallest absolute Gasteiger partial charge is 0.321 e. The van der Waals surface area contributed by atoms with Crippen LogP contribution in [0.3, 0.4) is 0 Å². The van der Waals surface area contributed by atoms with Crippen LogP contribution in [-0.4, -0.2) is 15.9 Å². The van der Waals surface area contributed by atoms with Crippen LogP contribution in [0.5, 0.6) is 0 Å². The number of pyridine rings is 2. The highest BCUT2D eigenvalue weighted by Crippen LogP contribution is 2.28. The second-order valence-electron chi connectivity index (χ2n) is 3.88. The molecular formula is C12H6Cl2F3N3O. The second-order valence-corrected chi connectivity index (χ2v) is 4.65. The van der Waals surface area contributed by atoms with Gasteiger partial charge in [0.2, 0.25) is 0 Å². The molecule has 2 heterocycles. The van der Waals surface area contributed by atoms with Crippen molar-refractivity contribution >= 4 is 34.8 Å². The van der Waals surface area contributed by atoms with E-state index in [1.807, 2.05) is 0 Å². The second kappa shape index (κ2) is 5.87. The van der Waals surface area contributed by atoms with Gasteiger partial charge in [-0.2, -0.15) is 13.2 Å². The minimum atomic E-state index is -4.53. The van der Waals surface area contributed by atoms with Gasteiger partial charge in [0.05, 0.1) is 22.5 Å². The summed E-state index contributed by atoms with van der Waals surface area (Å²) in [5.74, 6) is -0.595. The number of hydrogen-bond donors (Lipinski definition) is 1. The Labute approximate surface area is 126 Å². The molecule has 0 fully saturated rings. The summed E-state index contributed by atoms with van der Waals surface area (Å²) in [6.07, 6.45) is -2.43. The first-order valence-corrected chi connectivity index (χ1v) is 6.18. The number of anilines is 1. The lowest BCUT2D eigenvalue weighted by molar-refractivity contribution is -0.141.